The molecular formula is C22H22N2O2S. The smallest absolute Gasteiger partial charge is 0.220 e. The SMILES string of the molecule is Cc1cccnc1-c1cccc2c1O[C@H](CNC(=O)CCc1cccs1)C2. The van der Waals surface area contributed by atoms with Crippen LogP contribution in [0, 0.1) is 6.92 Å². The molecule has 0 saturated heterocycles. The van der Waals surface area contributed by atoms with Gasteiger partial charge in [0, 0.05) is 29.5 Å². The van der Waals surface area contributed by atoms with Gasteiger partial charge in [0.25, 0.3) is 0 Å². The van der Waals surface area contributed by atoms with Crippen molar-refractivity contribution in [1.82, 2.24) is 10.3 Å². The first-order chi connectivity index (χ1) is 13.2. The monoisotopic (exact) mass is 378 g/mol. The number of thiophene rings is 1. The van der Waals surface area contributed by atoms with Gasteiger partial charge in [-0.2, -0.15) is 0 Å². The van der Waals surface area contributed by atoms with Gasteiger partial charge in [0.2, 0.25) is 5.91 Å². The number of aromatic nitrogens is 1. The number of para-hydroxylation sites is 1. The Labute approximate surface area is 163 Å². The van der Waals surface area contributed by atoms with Crippen LogP contribution in [0.15, 0.2) is 54.0 Å². The van der Waals surface area contributed by atoms with Crippen LogP contribution in [0.25, 0.3) is 11.3 Å². The molecule has 1 aliphatic rings. The summed E-state index contributed by atoms with van der Waals surface area (Å²) in [7, 11) is 0. The lowest BCUT2D eigenvalue weighted by molar-refractivity contribution is -0.121. The van der Waals surface area contributed by atoms with Crippen LogP contribution in [-0.2, 0) is 17.6 Å². The highest BCUT2D eigenvalue weighted by atomic mass is 32.1. The highest BCUT2D eigenvalue weighted by Crippen LogP contribution is 2.38. The van der Waals surface area contributed by atoms with Crippen LogP contribution < -0.4 is 10.1 Å². The van der Waals surface area contributed by atoms with Gasteiger partial charge >= 0.3 is 0 Å². The largest absolute Gasteiger partial charge is 0.487 e. The van der Waals surface area contributed by atoms with Gasteiger partial charge in [-0.1, -0.05) is 24.3 Å². The number of pyridine rings is 1. The zero-order valence-electron chi connectivity index (χ0n) is 15.3. The summed E-state index contributed by atoms with van der Waals surface area (Å²) in [6.45, 7) is 2.58. The Morgan fingerprint density at radius 2 is 2.19 bits per heavy atom. The molecule has 3 aromatic rings. The zero-order chi connectivity index (χ0) is 18.6. The molecule has 0 saturated carbocycles. The molecule has 3 heterocycles. The van der Waals surface area contributed by atoms with Crippen molar-refractivity contribution in [3.8, 4) is 17.0 Å². The number of fused-ring (bicyclic) bond motifs is 1. The third kappa shape index (κ3) is 4.03. The first-order valence-corrected chi connectivity index (χ1v) is 10.1. The molecule has 27 heavy (non-hydrogen) atoms. The number of hydrogen-bond donors (Lipinski definition) is 1. The topological polar surface area (TPSA) is 51.2 Å². The van der Waals surface area contributed by atoms with Crippen LogP contribution in [0.1, 0.15) is 22.4 Å². The maximum Gasteiger partial charge on any atom is 0.220 e. The van der Waals surface area contributed by atoms with Gasteiger partial charge in [0.15, 0.2) is 0 Å². The Balaban J connectivity index is 1.38. The van der Waals surface area contributed by atoms with Crippen molar-refractivity contribution in [2.24, 2.45) is 0 Å². The maximum absolute atomic E-state index is 12.1. The number of carbonyl (C=O) groups excluding carboxylic acids is 1. The van der Waals surface area contributed by atoms with Crippen LogP contribution in [-0.4, -0.2) is 23.5 Å². The summed E-state index contributed by atoms with van der Waals surface area (Å²) < 4.78 is 6.20. The van der Waals surface area contributed by atoms with E-state index in [1.54, 1.807) is 11.3 Å². The van der Waals surface area contributed by atoms with E-state index >= 15 is 0 Å². The summed E-state index contributed by atoms with van der Waals surface area (Å²) >= 11 is 1.69. The fourth-order valence-corrected chi connectivity index (χ4v) is 4.12. The molecule has 0 spiro atoms. The van der Waals surface area contributed by atoms with E-state index in [1.165, 1.54) is 10.4 Å². The highest BCUT2D eigenvalue weighted by molar-refractivity contribution is 7.09. The number of nitrogens with zero attached hydrogens (tertiary/aromatic N) is 1. The van der Waals surface area contributed by atoms with Crippen LogP contribution in [0.5, 0.6) is 5.75 Å². The minimum Gasteiger partial charge on any atom is -0.487 e. The zero-order valence-corrected chi connectivity index (χ0v) is 16.1. The molecule has 1 N–H and O–H groups in total. The number of nitrogens with one attached hydrogen (secondary N) is 1. The van der Waals surface area contributed by atoms with Crippen molar-refractivity contribution < 1.29 is 9.53 Å². The fourth-order valence-electron chi connectivity index (χ4n) is 3.41. The Morgan fingerprint density at radius 1 is 1.26 bits per heavy atom. The van der Waals surface area contributed by atoms with Gasteiger partial charge in [0.05, 0.1) is 12.2 Å². The summed E-state index contributed by atoms with van der Waals surface area (Å²) in [6, 6.07) is 14.3. The lowest BCUT2D eigenvalue weighted by atomic mass is 10.0. The molecule has 4 nitrogen and oxygen atoms in total. The van der Waals surface area contributed by atoms with E-state index in [1.807, 2.05) is 29.8 Å². The van der Waals surface area contributed by atoms with E-state index in [-0.39, 0.29) is 12.0 Å². The molecule has 1 aliphatic heterocycles. The Kier molecular flexibility index (Phi) is 5.21. The fraction of sp³-hybridized carbons (Fsp3) is 0.273. The lowest BCUT2D eigenvalue weighted by Crippen LogP contribution is -2.34. The van der Waals surface area contributed by atoms with E-state index in [9.17, 15) is 4.79 Å². The van der Waals surface area contributed by atoms with Gasteiger partial charge in [-0.15, -0.1) is 11.3 Å². The summed E-state index contributed by atoms with van der Waals surface area (Å²) in [5.74, 6) is 0.973. The molecule has 4 rings (SSSR count). The molecular weight excluding hydrogens is 356 g/mol. The van der Waals surface area contributed by atoms with Gasteiger partial charge in [-0.3, -0.25) is 9.78 Å². The molecule has 0 fully saturated rings. The molecule has 138 valence electrons. The minimum absolute atomic E-state index is 0.0316. The van der Waals surface area contributed by atoms with Crippen molar-refractivity contribution >= 4 is 17.2 Å². The molecule has 5 heteroatoms. The third-order valence-electron chi connectivity index (χ3n) is 4.80. The van der Waals surface area contributed by atoms with Crippen molar-refractivity contribution in [1.29, 1.82) is 0 Å². The minimum atomic E-state index is -0.0316. The van der Waals surface area contributed by atoms with E-state index < -0.39 is 0 Å². The summed E-state index contributed by atoms with van der Waals surface area (Å²) in [5, 5.41) is 5.06. The van der Waals surface area contributed by atoms with Gasteiger partial charge in [-0.25, -0.2) is 0 Å². The van der Waals surface area contributed by atoms with Crippen molar-refractivity contribution in [2.45, 2.75) is 32.3 Å². The Hall–Kier alpha value is -2.66. The van der Waals surface area contributed by atoms with Crippen molar-refractivity contribution in [3.05, 3.63) is 70.0 Å². The molecule has 1 atom stereocenters. The van der Waals surface area contributed by atoms with Crippen molar-refractivity contribution in [3.63, 3.8) is 0 Å². The highest BCUT2D eigenvalue weighted by Gasteiger charge is 2.26. The lowest BCUT2D eigenvalue weighted by Gasteiger charge is -2.14. The first-order valence-electron chi connectivity index (χ1n) is 9.20. The molecule has 0 bridgehead atoms. The predicted octanol–water partition coefficient (Wildman–Crippen LogP) is 4.17. The number of amides is 1. The van der Waals surface area contributed by atoms with Crippen LogP contribution in [0.4, 0.5) is 0 Å². The van der Waals surface area contributed by atoms with Crippen LogP contribution in [0.2, 0.25) is 0 Å². The van der Waals surface area contributed by atoms with Crippen LogP contribution >= 0.6 is 11.3 Å². The second-order valence-corrected chi connectivity index (χ2v) is 7.82. The molecule has 2 aromatic heterocycles. The maximum atomic E-state index is 12.1. The molecule has 1 amide bonds. The third-order valence-corrected chi connectivity index (χ3v) is 5.73. The summed E-state index contributed by atoms with van der Waals surface area (Å²) in [4.78, 5) is 17.9. The Morgan fingerprint density at radius 3 is 3.00 bits per heavy atom. The van der Waals surface area contributed by atoms with E-state index in [0.717, 1.165) is 35.4 Å². The quantitative estimate of drug-likeness (QED) is 0.700. The molecule has 0 radical (unpaired) electrons. The summed E-state index contributed by atoms with van der Waals surface area (Å²) in [5.41, 5.74) is 4.28. The van der Waals surface area contributed by atoms with Gasteiger partial charge in [0.1, 0.15) is 11.9 Å². The van der Waals surface area contributed by atoms with Crippen LogP contribution in [0.3, 0.4) is 0 Å². The number of aryl methyl sites for hydroxylation is 2. The normalized spacial score (nSPS) is 15.2. The standard InChI is InChI=1S/C22H22N2O2S/c1-15-5-3-11-23-21(15)19-8-2-6-16-13-17(26-22(16)19)14-24-20(25)10-9-18-7-4-12-27-18/h2-8,11-12,17H,9-10,13-14H2,1H3,(H,24,25)/t17-/m0/s1. The second kappa shape index (κ2) is 7.92. The first kappa shape index (κ1) is 17.7. The number of carbonyl (C=O) groups is 1. The summed E-state index contributed by atoms with van der Waals surface area (Å²) in [6.07, 6.45) is 3.88. The van der Waals surface area contributed by atoms with Crippen molar-refractivity contribution in [2.75, 3.05) is 6.54 Å². The van der Waals surface area contributed by atoms with Gasteiger partial charge < -0.3 is 10.1 Å². The van der Waals surface area contributed by atoms with E-state index in [4.69, 9.17) is 4.74 Å². The number of rotatable bonds is 6. The molecule has 0 unspecified atom stereocenters. The molecule has 0 aliphatic carbocycles. The number of benzene rings is 1. The molecule has 1 aromatic carbocycles. The number of ether oxygens (including phenoxy) is 1. The average molecular weight is 378 g/mol. The number of hydrogen-bond acceptors (Lipinski definition) is 4. The predicted molar refractivity (Wildman–Crippen MR) is 108 cm³/mol. The van der Waals surface area contributed by atoms with Gasteiger partial charge in [-0.05, 0) is 48.1 Å². The van der Waals surface area contributed by atoms with E-state index in [0.29, 0.717) is 13.0 Å². The second-order valence-electron chi connectivity index (χ2n) is 6.79. The Bertz CT molecular complexity index is 937. The average Bonchev–Trinajstić information content (AvgIpc) is 3.34. The van der Waals surface area contributed by atoms with E-state index in [2.05, 4.69) is 41.5 Å².